The maximum Gasteiger partial charge on any atom is 0.251 e. The Morgan fingerprint density at radius 1 is 1.14 bits per heavy atom. The molecule has 1 atom stereocenters. The first-order chi connectivity index (χ1) is 13.6. The molecule has 2 amide bonds. The van der Waals surface area contributed by atoms with Gasteiger partial charge in [-0.25, -0.2) is 4.98 Å². The largest absolute Gasteiger partial charge is 0.340 e. The van der Waals surface area contributed by atoms with Gasteiger partial charge in [0, 0.05) is 11.3 Å². The van der Waals surface area contributed by atoms with Crippen LogP contribution < -0.4 is 10.6 Å². The zero-order valence-corrected chi connectivity index (χ0v) is 18.0. The van der Waals surface area contributed by atoms with Gasteiger partial charge in [-0.1, -0.05) is 30.0 Å². The molecule has 0 saturated carbocycles. The molecule has 0 spiro atoms. The number of hydrogen-bond donors (Lipinski definition) is 2. The van der Waals surface area contributed by atoms with Gasteiger partial charge in [-0.3, -0.25) is 9.59 Å². The standard InChI is InChI=1S/C20H21N3O2S3/c1-26-11-10-16(22-18(24)13-6-4-3-5-7-13)19(25)21-14-8-9-15-17(12-14)28-20(23-15)27-2/h3-9,12,16H,10-11H2,1-2H3,(H,21,25)(H,22,24)/t16-/m0/s1. The molecule has 1 aromatic heterocycles. The Morgan fingerprint density at radius 2 is 1.93 bits per heavy atom. The summed E-state index contributed by atoms with van der Waals surface area (Å²) in [7, 11) is 0. The second-order valence-electron chi connectivity index (χ2n) is 6.03. The summed E-state index contributed by atoms with van der Waals surface area (Å²) in [4.78, 5) is 29.8. The number of carbonyl (C=O) groups is 2. The van der Waals surface area contributed by atoms with E-state index < -0.39 is 6.04 Å². The van der Waals surface area contributed by atoms with Crippen LogP contribution in [0.1, 0.15) is 16.8 Å². The van der Waals surface area contributed by atoms with Gasteiger partial charge < -0.3 is 10.6 Å². The molecule has 0 aliphatic heterocycles. The maximum absolute atomic E-state index is 12.8. The van der Waals surface area contributed by atoms with Crippen LogP contribution in [0, 0.1) is 0 Å². The zero-order chi connectivity index (χ0) is 19.9. The van der Waals surface area contributed by atoms with Crippen LogP contribution >= 0.6 is 34.9 Å². The van der Waals surface area contributed by atoms with Crippen molar-refractivity contribution in [3.63, 3.8) is 0 Å². The highest BCUT2D eigenvalue weighted by molar-refractivity contribution is 8.00. The summed E-state index contributed by atoms with van der Waals surface area (Å²) in [5.41, 5.74) is 2.17. The Morgan fingerprint density at radius 3 is 2.64 bits per heavy atom. The van der Waals surface area contributed by atoms with Crippen LogP contribution in [-0.2, 0) is 4.79 Å². The quantitative estimate of drug-likeness (QED) is 0.514. The average Bonchev–Trinajstić information content (AvgIpc) is 3.14. The van der Waals surface area contributed by atoms with Crippen molar-refractivity contribution in [1.29, 1.82) is 0 Å². The minimum atomic E-state index is -0.598. The number of hydrogen-bond acceptors (Lipinski definition) is 6. The molecule has 0 bridgehead atoms. The van der Waals surface area contributed by atoms with Gasteiger partial charge in [0.1, 0.15) is 6.04 Å². The lowest BCUT2D eigenvalue weighted by molar-refractivity contribution is -0.118. The normalized spacial score (nSPS) is 11.9. The fourth-order valence-corrected chi connectivity index (χ4v) is 4.63. The van der Waals surface area contributed by atoms with E-state index in [9.17, 15) is 9.59 Å². The Kier molecular flexibility index (Phi) is 7.36. The number of benzene rings is 2. The molecule has 8 heteroatoms. The van der Waals surface area contributed by atoms with Gasteiger partial charge in [0.05, 0.1) is 10.2 Å². The molecule has 5 nitrogen and oxygen atoms in total. The monoisotopic (exact) mass is 431 g/mol. The number of nitrogens with zero attached hydrogens (tertiary/aromatic N) is 1. The predicted octanol–water partition coefficient (Wildman–Crippen LogP) is 4.51. The number of anilines is 1. The molecule has 0 saturated heterocycles. The number of amides is 2. The summed E-state index contributed by atoms with van der Waals surface area (Å²) >= 11 is 4.84. The van der Waals surface area contributed by atoms with Gasteiger partial charge in [-0.2, -0.15) is 11.8 Å². The molecule has 0 aliphatic carbocycles. The molecule has 146 valence electrons. The zero-order valence-electron chi connectivity index (χ0n) is 15.6. The van der Waals surface area contributed by atoms with Crippen LogP contribution in [0.15, 0.2) is 52.9 Å². The molecule has 0 radical (unpaired) electrons. The second-order valence-corrected chi connectivity index (χ2v) is 9.10. The van der Waals surface area contributed by atoms with Gasteiger partial charge in [0.2, 0.25) is 5.91 Å². The van der Waals surface area contributed by atoms with E-state index in [1.165, 1.54) is 0 Å². The minimum absolute atomic E-state index is 0.215. The molecule has 1 heterocycles. The first kappa shape index (κ1) is 20.7. The molecule has 2 aromatic carbocycles. The number of rotatable bonds is 8. The van der Waals surface area contributed by atoms with Gasteiger partial charge in [0.25, 0.3) is 5.91 Å². The van der Waals surface area contributed by atoms with Crippen molar-refractivity contribution >= 4 is 62.6 Å². The van der Waals surface area contributed by atoms with Crippen LogP contribution in [-0.4, -0.2) is 41.1 Å². The summed E-state index contributed by atoms with van der Waals surface area (Å²) < 4.78 is 2.02. The van der Waals surface area contributed by atoms with E-state index in [-0.39, 0.29) is 11.8 Å². The third kappa shape index (κ3) is 5.27. The summed E-state index contributed by atoms with van der Waals surface area (Å²) in [6.45, 7) is 0. The number of aromatic nitrogens is 1. The van der Waals surface area contributed by atoms with E-state index in [1.54, 1.807) is 59.1 Å². The summed E-state index contributed by atoms with van der Waals surface area (Å²) in [5, 5.41) is 5.80. The highest BCUT2D eigenvalue weighted by atomic mass is 32.2. The first-order valence-corrected chi connectivity index (χ1v) is 12.1. The van der Waals surface area contributed by atoms with Crippen LogP contribution in [0.3, 0.4) is 0 Å². The van der Waals surface area contributed by atoms with Crippen LogP contribution in [0.2, 0.25) is 0 Å². The summed E-state index contributed by atoms with van der Waals surface area (Å²) in [6.07, 6.45) is 4.53. The van der Waals surface area contributed by atoms with Crippen LogP contribution in [0.4, 0.5) is 5.69 Å². The lowest BCUT2D eigenvalue weighted by Crippen LogP contribution is -2.44. The Balaban J connectivity index is 1.72. The van der Waals surface area contributed by atoms with Gasteiger partial charge in [-0.15, -0.1) is 11.3 Å². The molecule has 0 fully saturated rings. The van der Waals surface area contributed by atoms with Crippen molar-refractivity contribution < 1.29 is 9.59 Å². The number of fused-ring (bicyclic) bond motifs is 1. The lowest BCUT2D eigenvalue weighted by Gasteiger charge is -2.18. The predicted molar refractivity (Wildman–Crippen MR) is 121 cm³/mol. The Hall–Kier alpha value is -2.03. The number of nitrogens with one attached hydrogen (secondary N) is 2. The number of thiazole rings is 1. The molecule has 28 heavy (non-hydrogen) atoms. The van der Waals surface area contributed by atoms with E-state index in [2.05, 4.69) is 15.6 Å². The van der Waals surface area contributed by atoms with E-state index in [4.69, 9.17) is 0 Å². The van der Waals surface area contributed by atoms with Crippen molar-refractivity contribution in [2.24, 2.45) is 0 Å². The molecule has 3 rings (SSSR count). The van der Waals surface area contributed by atoms with Gasteiger partial charge >= 0.3 is 0 Å². The third-order valence-corrected chi connectivity index (χ3v) is 6.73. The molecule has 0 unspecified atom stereocenters. The fourth-order valence-electron chi connectivity index (χ4n) is 2.63. The smallest absolute Gasteiger partial charge is 0.251 e. The average molecular weight is 432 g/mol. The molecule has 0 aliphatic rings. The lowest BCUT2D eigenvalue weighted by atomic mass is 10.1. The molecular formula is C20H21N3O2S3. The van der Waals surface area contributed by atoms with Gasteiger partial charge in [0.15, 0.2) is 4.34 Å². The van der Waals surface area contributed by atoms with Gasteiger partial charge in [-0.05, 0) is 55.0 Å². The van der Waals surface area contributed by atoms with Crippen molar-refractivity contribution in [3.8, 4) is 0 Å². The maximum atomic E-state index is 12.8. The summed E-state index contributed by atoms with van der Waals surface area (Å²) in [5.74, 6) is 0.314. The highest BCUT2D eigenvalue weighted by Crippen LogP contribution is 2.30. The minimum Gasteiger partial charge on any atom is -0.340 e. The molecule has 2 N–H and O–H groups in total. The number of carbonyl (C=O) groups excluding carboxylic acids is 2. The van der Waals surface area contributed by atoms with Crippen molar-refractivity contribution in [3.05, 3.63) is 54.1 Å². The second kappa shape index (κ2) is 9.95. The number of thioether (sulfide) groups is 2. The molecular weight excluding hydrogens is 410 g/mol. The Labute approximate surface area is 176 Å². The topological polar surface area (TPSA) is 71.1 Å². The third-order valence-electron chi connectivity index (χ3n) is 4.08. The van der Waals surface area contributed by atoms with E-state index in [0.29, 0.717) is 17.7 Å². The van der Waals surface area contributed by atoms with Crippen molar-refractivity contribution in [1.82, 2.24) is 10.3 Å². The van der Waals surface area contributed by atoms with E-state index in [1.807, 2.05) is 36.8 Å². The van der Waals surface area contributed by atoms with Crippen LogP contribution in [0.5, 0.6) is 0 Å². The van der Waals surface area contributed by atoms with E-state index in [0.717, 1.165) is 20.3 Å². The first-order valence-electron chi connectivity index (χ1n) is 8.71. The van der Waals surface area contributed by atoms with Crippen LogP contribution in [0.25, 0.3) is 10.2 Å². The Bertz CT molecular complexity index is 960. The van der Waals surface area contributed by atoms with Crippen molar-refractivity contribution in [2.45, 2.75) is 16.8 Å². The van der Waals surface area contributed by atoms with Crippen molar-refractivity contribution in [2.75, 3.05) is 23.6 Å². The SMILES string of the molecule is CSCC[C@H](NC(=O)c1ccccc1)C(=O)Nc1ccc2nc(SC)sc2c1. The fraction of sp³-hybridized carbons (Fsp3) is 0.250. The summed E-state index contributed by atoms with van der Waals surface area (Å²) in [6, 6.07) is 14.0. The van der Waals surface area contributed by atoms with E-state index >= 15 is 0 Å². The highest BCUT2D eigenvalue weighted by Gasteiger charge is 2.21. The molecule has 3 aromatic rings.